The number of likely N-dealkylation sites (N-methyl/N-ethyl adjacent to an activating group) is 1. The fourth-order valence-electron chi connectivity index (χ4n) is 3.07. The lowest BCUT2D eigenvalue weighted by Gasteiger charge is -2.31. The number of carbonyl (C=O) groups is 1. The number of rotatable bonds is 7. The summed E-state index contributed by atoms with van der Waals surface area (Å²) in [6, 6.07) is 29.5. The van der Waals surface area contributed by atoms with Gasteiger partial charge in [0.15, 0.2) is 6.61 Å². The third kappa shape index (κ3) is 4.31. The molecule has 3 rings (SSSR count). The first kappa shape index (κ1) is 17.7. The van der Waals surface area contributed by atoms with Gasteiger partial charge in [-0.1, -0.05) is 78.9 Å². The lowest BCUT2D eigenvalue weighted by atomic mass is 9.97. The van der Waals surface area contributed by atoms with Gasteiger partial charge in [-0.25, -0.2) is 0 Å². The molecule has 0 fully saturated rings. The lowest BCUT2D eigenvalue weighted by molar-refractivity contribution is -0.134. The Morgan fingerprint density at radius 3 is 1.73 bits per heavy atom. The molecule has 3 aromatic carbocycles. The maximum atomic E-state index is 12.9. The van der Waals surface area contributed by atoms with Crippen LogP contribution < -0.4 is 4.74 Å². The summed E-state index contributed by atoms with van der Waals surface area (Å²) in [6.45, 7) is 2.62. The number of hydrogen-bond donors (Lipinski definition) is 0. The number of amides is 1. The molecule has 0 radical (unpaired) electrons. The molecule has 3 heteroatoms. The standard InChI is InChI=1S/C23H23NO2/c1-2-24(22(25)18-26-21-16-10-5-11-17-21)23(19-12-6-3-7-13-19)20-14-8-4-9-15-20/h3-17,23H,2,18H2,1H3. The van der Waals surface area contributed by atoms with Gasteiger partial charge in [-0.3, -0.25) is 4.79 Å². The summed E-state index contributed by atoms with van der Waals surface area (Å²) < 4.78 is 5.68. The molecule has 0 atom stereocenters. The van der Waals surface area contributed by atoms with Gasteiger partial charge in [0.25, 0.3) is 5.91 Å². The van der Waals surface area contributed by atoms with Crippen molar-refractivity contribution in [3.8, 4) is 5.75 Å². The number of carbonyl (C=O) groups excluding carboxylic acids is 1. The van der Waals surface area contributed by atoms with Crippen LogP contribution in [-0.4, -0.2) is 24.0 Å². The van der Waals surface area contributed by atoms with Gasteiger partial charge < -0.3 is 9.64 Å². The molecule has 132 valence electrons. The van der Waals surface area contributed by atoms with Crippen molar-refractivity contribution in [3.05, 3.63) is 102 Å². The molecular formula is C23H23NO2. The second kappa shape index (κ2) is 8.86. The van der Waals surface area contributed by atoms with Crippen LogP contribution in [0.4, 0.5) is 0 Å². The Labute approximate surface area is 154 Å². The van der Waals surface area contributed by atoms with Crippen molar-refractivity contribution in [1.82, 2.24) is 4.90 Å². The average molecular weight is 345 g/mol. The third-order valence-corrected chi connectivity index (χ3v) is 4.31. The van der Waals surface area contributed by atoms with E-state index in [2.05, 4.69) is 24.3 Å². The van der Waals surface area contributed by atoms with E-state index < -0.39 is 0 Å². The maximum Gasteiger partial charge on any atom is 0.261 e. The van der Waals surface area contributed by atoms with Crippen molar-refractivity contribution in [3.63, 3.8) is 0 Å². The largest absolute Gasteiger partial charge is 0.484 e. The van der Waals surface area contributed by atoms with Crippen LogP contribution in [0.3, 0.4) is 0 Å². The van der Waals surface area contributed by atoms with Crippen LogP contribution >= 0.6 is 0 Å². The van der Waals surface area contributed by atoms with Gasteiger partial charge in [0.1, 0.15) is 5.75 Å². The second-order valence-electron chi connectivity index (χ2n) is 6.01. The predicted octanol–water partition coefficient (Wildman–Crippen LogP) is 4.70. The first-order valence-corrected chi connectivity index (χ1v) is 8.87. The third-order valence-electron chi connectivity index (χ3n) is 4.31. The minimum atomic E-state index is -0.130. The van der Waals surface area contributed by atoms with E-state index in [4.69, 9.17) is 4.74 Å². The van der Waals surface area contributed by atoms with Gasteiger partial charge in [-0.15, -0.1) is 0 Å². The van der Waals surface area contributed by atoms with E-state index in [1.807, 2.05) is 78.6 Å². The fraction of sp³-hybridized carbons (Fsp3) is 0.174. The molecule has 1 amide bonds. The molecule has 0 unspecified atom stereocenters. The molecule has 0 N–H and O–H groups in total. The first-order chi connectivity index (χ1) is 12.8. The fourth-order valence-corrected chi connectivity index (χ4v) is 3.07. The molecule has 3 aromatic rings. The predicted molar refractivity (Wildman–Crippen MR) is 104 cm³/mol. The maximum absolute atomic E-state index is 12.9. The Hall–Kier alpha value is -3.07. The highest BCUT2D eigenvalue weighted by Crippen LogP contribution is 2.28. The molecule has 0 aliphatic heterocycles. The smallest absolute Gasteiger partial charge is 0.261 e. The molecule has 0 saturated heterocycles. The normalized spacial score (nSPS) is 10.5. The van der Waals surface area contributed by atoms with Crippen LogP contribution in [0.25, 0.3) is 0 Å². The van der Waals surface area contributed by atoms with Crippen LogP contribution in [0, 0.1) is 0 Å². The van der Waals surface area contributed by atoms with Crippen molar-refractivity contribution in [2.45, 2.75) is 13.0 Å². The second-order valence-corrected chi connectivity index (χ2v) is 6.01. The number of nitrogens with zero attached hydrogens (tertiary/aromatic N) is 1. The number of ether oxygens (including phenoxy) is 1. The molecule has 26 heavy (non-hydrogen) atoms. The van der Waals surface area contributed by atoms with Crippen LogP contribution in [0.15, 0.2) is 91.0 Å². The van der Waals surface area contributed by atoms with Crippen LogP contribution in [0.5, 0.6) is 5.75 Å². The van der Waals surface area contributed by atoms with E-state index in [0.717, 1.165) is 11.1 Å². The summed E-state index contributed by atoms with van der Waals surface area (Å²) in [7, 11) is 0. The Bertz CT molecular complexity index is 764. The van der Waals surface area contributed by atoms with Gasteiger partial charge in [-0.05, 0) is 30.2 Å². The minimum Gasteiger partial charge on any atom is -0.484 e. The van der Waals surface area contributed by atoms with Crippen molar-refractivity contribution in [1.29, 1.82) is 0 Å². The zero-order valence-electron chi connectivity index (χ0n) is 14.9. The van der Waals surface area contributed by atoms with Gasteiger partial charge in [-0.2, -0.15) is 0 Å². The zero-order valence-corrected chi connectivity index (χ0v) is 14.9. The minimum absolute atomic E-state index is 0.0218. The van der Waals surface area contributed by atoms with E-state index in [9.17, 15) is 4.79 Å². The van der Waals surface area contributed by atoms with E-state index >= 15 is 0 Å². The van der Waals surface area contributed by atoms with E-state index in [0.29, 0.717) is 12.3 Å². The van der Waals surface area contributed by atoms with Crippen LogP contribution in [0.2, 0.25) is 0 Å². The number of benzene rings is 3. The van der Waals surface area contributed by atoms with E-state index in [-0.39, 0.29) is 18.6 Å². The van der Waals surface area contributed by atoms with Gasteiger partial charge in [0.2, 0.25) is 0 Å². The average Bonchev–Trinajstić information content (AvgIpc) is 2.72. The van der Waals surface area contributed by atoms with Crippen molar-refractivity contribution >= 4 is 5.91 Å². The Balaban J connectivity index is 1.84. The summed E-state index contributed by atoms with van der Waals surface area (Å²) >= 11 is 0. The molecule has 0 spiro atoms. The van der Waals surface area contributed by atoms with Gasteiger partial charge in [0.05, 0.1) is 6.04 Å². The summed E-state index contributed by atoms with van der Waals surface area (Å²) in [6.07, 6.45) is 0. The number of para-hydroxylation sites is 1. The topological polar surface area (TPSA) is 29.5 Å². The first-order valence-electron chi connectivity index (χ1n) is 8.87. The van der Waals surface area contributed by atoms with Gasteiger partial charge >= 0.3 is 0 Å². The lowest BCUT2D eigenvalue weighted by Crippen LogP contribution is -2.38. The molecule has 3 nitrogen and oxygen atoms in total. The van der Waals surface area contributed by atoms with Crippen molar-refractivity contribution in [2.24, 2.45) is 0 Å². The van der Waals surface area contributed by atoms with Crippen molar-refractivity contribution < 1.29 is 9.53 Å². The van der Waals surface area contributed by atoms with Gasteiger partial charge in [0, 0.05) is 6.54 Å². The quantitative estimate of drug-likeness (QED) is 0.621. The van der Waals surface area contributed by atoms with Crippen molar-refractivity contribution in [2.75, 3.05) is 13.2 Å². The zero-order chi connectivity index (χ0) is 18.2. The Morgan fingerprint density at radius 1 is 0.808 bits per heavy atom. The SMILES string of the molecule is CCN(C(=O)COc1ccccc1)C(c1ccccc1)c1ccccc1. The number of hydrogen-bond acceptors (Lipinski definition) is 2. The molecule has 0 aromatic heterocycles. The van der Waals surface area contributed by atoms with E-state index in [1.54, 1.807) is 0 Å². The highest BCUT2D eigenvalue weighted by atomic mass is 16.5. The van der Waals surface area contributed by atoms with E-state index in [1.165, 1.54) is 0 Å². The highest BCUT2D eigenvalue weighted by Gasteiger charge is 2.25. The summed E-state index contributed by atoms with van der Waals surface area (Å²) in [4.78, 5) is 14.8. The molecular weight excluding hydrogens is 322 g/mol. The molecule has 0 aliphatic carbocycles. The van der Waals surface area contributed by atoms with Crippen LogP contribution in [0.1, 0.15) is 24.1 Å². The Kier molecular flexibility index (Phi) is 6.05. The highest BCUT2D eigenvalue weighted by molar-refractivity contribution is 5.78. The summed E-state index contributed by atoms with van der Waals surface area (Å²) in [5.74, 6) is 0.668. The molecule has 0 aliphatic rings. The Morgan fingerprint density at radius 2 is 1.27 bits per heavy atom. The molecule has 0 heterocycles. The monoisotopic (exact) mass is 345 g/mol. The molecule has 0 bridgehead atoms. The summed E-state index contributed by atoms with van der Waals surface area (Å²) in [5.41, 5.74) is 2.18. The molecule has 0 saturated carbocycles. The summed E-state index contributed by atoms with van der Waals surface area (Å²) in [5, 5.41) is 0. The van der Waals surface area contributed by atoms with Crippen LogP contribution in [-0.2, 0) is 4.79 Å².